The highest BCUT2D eigenvalue weighted by atomic mass is 79.9. The van der Waals surface area contributed by atoms with Crippen LogP contribution < -0.4 is 9.64 Å². The first-order chi connectivity index (χ1) is 15.7. The summed E-state index contributed by atoms with van der Waals surface area (Å²) < 4.78 is 55.8. The lowest BCUT2D eigenvalue weighted by atomic mass is 10.0. The predicted octanol–water partition coefficient (Wildman–Crippen LogP) is 6.25. The van der Waals surface area contributed by atoms with E-state index >= 15 is 0 Å². The number of hydrogen-bond acceptors (Lipinski definition) is 6. The minimum absolute atomic E-state index is 0.0565. The number of benzene rings is 2. The number of anilines is 1. The number of aryl methyl sites for hydroxylation is 1. The van der Waals surface area contributed by atoms with Crippen LogP contribution in [0.1, 0.15) is 41.4 Å². The smallest absolute Gasteiger partial charge is 0.437 e. The fourth-order valence-corrected chi connectivity index (χ4v) is 4.03. The molecule has 33 heavy (non-hydrogen) atoms. The molecule has 2 aromatic carbocycles. The molecule has 0 atom stereocenters. The molecule has 178 valence electrons. The number of fused-ring (bicyclic) bond motifs is 1. The topological polar surface area (TPSA) is 64.8 Å². The van der Waals surface area contributed by atoms with Crippen molar-refractivity contribution in [1.29, 1.82) is 0 Å². The van der Waals surface area contributed by atoms with Crippen LogP contribution in [0.15, 0.2) is 39.3 Å². The molecule has 6 nitrogen and oxygen atoms in total. The highest BCUT2D eigenvalue weighted by Crippen LogP contribution is 2.38. The first-order valence-electron chi connectivity index (χ1n) is 10.4. The third kappa shape index (κ3) is 5.61. The van der Waals surface area contributed by atoms with Gasteiger partial charge in [0.15, 0.2) is 11.3 Å². The summed E-state index contributed by atoms with van der Waals surface area (Å²) in [6.07, 6.45) is -2.68. The lowest BCUT2D eigenvalue weighted by Crippen LogP contribution is -2.20. The fraction of sp³-hybridized carbons (Fsp3) is 0.391. The second-order valence-corrected chi connectivity index (χ2v) is 8.33. The van der Waals surface area contributed by atoms with Crippen LogP contribution in [-0.2, 0) is 17.3 Å². The lowest BCUT2D eigenvalue weighted by Gasteiger charge is -2.20. The molecule has 0 radical (unpaired) electrons. The van der Waals surface area contributed by atoms with Gasteiger partial charge in [-0.25, -0.2) is 4.79 Å². The van der Waals surface area contributed by atoms with Gasteiger partial charge in [0.1, 0.15) is 5.75 Å². The van der Waals surface area contributed by atoms with Crippen LogP contribution in [0.2, 0.25) is 0 Å². The molecular weight excluding hydrogens is 505 g/mol. The average Bonchev–Trinajstić information content (AvgIpc) is 3.22. The number of alkyl halides is 3. The van der Waals surface area contributed by atoms with Gasteiger partial charge in [0.25, 0.3) is 0 Å². The Labute approximate surface area is 197 Å². The van der Waals surface area contributed by atoms with E-state index in [1.165, 1.54) is 13.2 Å². The molecule has 0 saturated carbocycles. The Kier molecular flexibility index (Phi) is 7.88. The highest BCUT2D eigenvalue weighted by molar-refractivity contribution is 9.10. The predicted molar refractivity (Wildman–Crippen MR) is 122 cm³/mol. The summed E-state index contributed by atoms with van der Waals surface area (Å²) in [7, 11) is 3.25. The van der Waals surface area contributed by atoms with Crippen molar-refractivity contribution < 1.29 is 32.0 Å². The van der Waals surface area contributed by atoms with Crippen molar-refractivity contribution in [1.82, 2.24) is 5.16 Å². The molecule has 0 N–H and O–H groups in total. The number of carbonyl (C=O) groups is 1. The van der Waals surface area contributed by atoms with E-state index in [-0.39, 0.29) is 11.0 Å². The Balaban J connectivity index is 1.65. The summed E-state index contributed by atoms with van der Waals surface area (Å²) >= 11 is 3.39. The van der Waals surface area contributed by atoms with Crippen molar-refractivity contribution in [2.24, 2.45) is 0 Å². The van der Waals surface area contributed by atoms with Crippen LogP contribution in [0.5, 0.6) is 5.75 Å². The van der Waals surface area contributed by atoms with Gasteiger partial charge >= 0.3 is 12.1 Å². The number of aromatic nitrogens is 1. The maximum atomic E-state index is 13.2. The SMILES string of the molecule is CCCc1c(OCCCN(C)c2ccc(C(=O)OC)c(Br)c2)ccc2c(C(F)(F)F)noc12. The number of esters is 1. The van der Waals surface area contributed by atoms with Crippen molar-refractivity contribution in [2.75, 3.05) is 32.2 Å². The molecule has 0 aliphatic heterocycles. The number of hydrogen-bond donors (Lipinski definition) is 0. The van der Waals surface area contributed by atoms with Crippen molar-refractivity contribution in [3.8, 4) is 5.75 Å². The van der Waals surface area contributed by atoms with Crippen molar-refractivity contribution in [3.05, 3.63) is 51.6 Å². The lowest BCUT2D eigenvalue weighted by molar-refractivity contribution is -0.141. The Morgan fingerprint density at radius 1 is 1.24 bits per heavy atom. The van der Waals surface area contributed by atoms with Crippen LogP contribution in [0.4, 0.5) is 18.9 Å². The molecule has 0 aliphatic rings. The number of ether oxygens (including phenoxy) is 2. The summed E-state index contributed by atoms with van der Waals surface area (Å²) in [5.41, 5.74) is 1.04. The van der Waals surface area contributed by atoms with E-state index in [4.69, 9.17) is 14.0 Å². The number of rotatable bonds is 9. The number of carbonyl (C=O) groups excluding carboxylic acids is 1. The molecule has 10 heteroatoms. The van der Waals surface area contributed by atoms with E-state index in [1.54, 1.807) is 12.1 Å². The molecule has 0 aliphatic carbocycles. The molecule has 0 bridgehead atoms. The summed E-state index contributed by atoms with van der Waals surface area (Å²) in [5, 5.41) is 3.18. The van der Waals surface area contributed by atoms with Crippen molar-refractivity contribution in [2.45, 2.75) is 32.4 Å². The van der Waals surface area contributed by atoms with E-state index in [0.717, 1.165) is 12.1 Å². The molecule has 0 amide bonds. The molecule has 0 saturated heterocycles. The zero-order valence-corrected chi connectivity index (χ0v) is 20.0. The van der Waals surface area contributed by atoms with Crippen molar-refractivity contribution >= 4 is 38.6 Å². The van der Waals surface area contributed by atoms with E-state index in [9.17, 15) is 18.0 Å². The molecule has 1 heterocycles. The van der Waals surface area contributed by atoms with Crippen LogP contribution in [0, 0.1) is 0 Å². The summed E-state index contributed by atoms with van der Waals surface area (Å²) in [4.78, 5) is 13.7. The van der Waals surface area contributed by atoms with E-state index < -0.39 is 17.8 Å². The van der Waals surface area contributed by atoms with Gasteiger partial charge < -0.3 is 18.9 Å². The number of methoxy groups -OCH3 is 1. The molecule has 0 fully saturated rings. The second-order valence-electron chi connectivity index (χ2n) is 7.48. The van der Waals surface area contributed by atoms with E-state index in [2.05, 4.69) is 21.1 Å². The number of halogens is 4. The Hall–Kier alpha value is -2.75. The largest absolute Gasteiger partial charge is 0.493 e. The van der Waals surface area contributed by atoms with Crippen molar-refractivity contribution in [3.63, 3.8) is 0 Å². The summed E-state index contributed by atoms with van der Waals surface area (Å²) in [6, 6.07) is 8.24. The van der Waals surface area contributed by atoms with Gasteiger partial charge in [0.2, 0.25) is 0 Å². The zero-order chi connectivity index (χ0) is 24.2. The van der Waals surface area contributed by atoms with E-state index in [0.29, 0.717) is 47.3 Å². The second kappa shape index (κ2) is 10.5. The Morgan fingerprint density at radius 3 is 2.64 bits per heavy atom. The van der Waals surface area contributed by atoms with Gasteiger partial charge in [-0.15, -0.1) is 0 Å². The maximum absolute atomic E-state index is 13.2. The van der Waals surface area contributed by atoms with Crippen LogP contribution in [0.25, 0.3) is 11.0 Å². The van der Waals surface area contributed by atoms with Gasteiger partial charge in [-0.3, -0.25) is 0 Å². The van der Waals surface area contributed by atoms with Gasteiger partial charge in [0, 0.05) is 29.3 Å². The summed E-state index contributed by atoms with van der Waals surface area (Å²) in [5.74, 6) is 0.0838. The Morgan fingerprint density at radius 2 is 2.00 bits per heavy atom. The standard InChI is InChI=1S/C23H24BrF3N2O4/c1-4-6-16-19(10-9-17-20(16)33-28-21(17)23(25,26)27)32-12-5-11-29(2)14-7-8-15(18(24)13-14)22(30)31-3/h7-10,13H,4-6,11-12H2,1-3H3. The first-order valence-corrected chi connectivity index (χ1v) is 11.2. The quantitative estimate of drug-likeness (QED) is 0.241. The molecule has 0 spiro atoms. The molecule has 3 aromatic rings. The van der Waals surface area contributed by atoms with Gasteiger partial charge in [0.05, 0.1) is 24.7 Å². The van der Waals surface area contributed by atoms with Crippen LogP contribution >= 0.6 is 15.9 Å². The Bertz CT molecular complexity index is 1130. The molecule has 0 unspecified atom stereocenters. The minimum atomic E-state index is -4.58. The average molecular weight is 529 g/mol. The van der Waals surface area contributed by atoms with Gasteiger partial charge in [-0.1, -0.05) is 18.5 Å². The van der Waals surface area contributed by atoms with Crippen LogP contribution in [0.3, 0.4) is 0 Å². The molecule has 3 rings (SSSR count). The monoisotopic (exact) mass is 528 g/mol. The van der Waals surface area contributed by atoms with Gasteiger partial charge in [-0.05, 0) is 59.1 Å². The maximum Gasteiger partial charge on any atom is 0.437 e. The first kappa shape index (κ1) is 24.9. The third-order valence-corrected chi connectivity index (χ3v) is 5.82. The molecular formula is C23H24BrF3N2O4. The van der Waals surface area contributed by atoms with E-state index in [1.807, 2.05) is 31.0 Å². The number of nitrogens with zero attached hydrogens (tertiary/aromatic N) is 2. The highest BCUT2D eigenvalue weighted by Gasteiger charge is 2.37. The third-order valence-electron chi connectivity index (χ3n) is 5.16. The minimum Gasteiger partial charge on any atom is -0.493 e. The zero-order valence-electron chi connectivity index (χ0n) is 18.5. The van der Waals surface area contributed by atoms with Crippen LogP contribution in [-0.4, -0.2) is 38.4 Å². The normalized spacial score (nSPS) is 11.6. The van der Waals surface area contributed by atoms with Gasteiger partial charge in [-0.2, -0.15) is 13.2 Å². The fourth-order valence-electron chi connectivity index (χ4n) is 3.50. The summed E-state index contributed by atoms with van der Waals surface area (Å²) in [6.45, 7) is 2.96. The molecule has 1 aromatic heterocycles.